The number of primary amides is 1. The van der Waals surface area contributed by atoms with Crippen molar-refractivity contribution in [1.29, 1.82) is 0 Å². The van der Waals surface area contributed by atoms with Crippen LogP contribution in [-0.2, 0) is 4.74 Å². The molecule has 72 valence electrons. The van der Waals surface area contributed by atoms with Gasteiger partial charge in [0.1, 0.15) is 11.2 Å². The minimum atomic E-state index is -0.762. The molecule has 5 nitrogen and oxygen atoms in total. The maximum Gasteiger partial charge on any atom is 0.404 e. The lowest BCUT2D eigenvalue weighted by Crippen LogP contribution is -2.18. The number of amides is 1. The second kappa shape index (κ2) is 5.03. The van der Waals surface area contributed by atoms with E-state index in [2.05, 4.69) is 31.0 Å². The predicted octanol–water partition coefficient (Wildman–Crippen LogP) is 1.41. The zero-order chi connectivity index (χ0) is 9.68. The minimum Gasteiger partial charge on any atom is -0.448 e. The Labute approximate surface area is 87.4 Å². The second-order valence-electron chi connectivity index (χ2n) is 2.07. The van der Waals surface area contributed by atoms with Crippen LogP contribution in [0.2, 0.25) is 0 Å². The van der Waals surface area contributed by atoms with E-state index < -0.39 is 6.09 Å². The summed E-state index contributed by atoms with van der Waals surface area (Å²) in [6.45, 7) is 0.745. The average Bonchev–Trinajstić information content (AvgIpc) is 2.45. The molecular formula is C6H8BrN3O2S. The molecule has 0 spiro atoms. The number of aromatic nitrogens is 1. The number of nitrogens with zero attached hydrogens (tertiary/aromatic N) is 1. The molecule has 0 aliphatic heterocycles. The van der Waals surface area contributed by atoms with Crippen molar-refractivity contribution in [3.63, 3.8) is 0 Å². The Morgan fingerprint density at radius 1 is 1.85 bits per heavy atom. The smallest absolute Gasteiger partial charge is 0.404 e. The van der Waals surface area contributed by atoms with E-state index in [1.165, 1.54) is 11.3 Å². The molecule has 0 unspecified atom stereocenters. The van der Waals surface area contributed by atoms with Crippen molar-refractivity contribution < 1.29 is 9.53 Å². The molecule has 0 atom stereocenters. The third-order valence-corrected chi connectivity index (χ3v) is 2.61. The third kappa shape index (κ3) is 4.09. The Morgan fingerprint density at radius 2 is 2.62 bits per heavy atom. The summed E-state index contributed by atoms with van der Waals surface area (Å²) in [4.78, 5) is 14.2. The number of hydrogen-bond donors (Lipinski definition) is 2. The van der Waals surface area contributed by atoms with Gasteiger partial charge in [0.15, 0.2) is 5.13 Å². The van der Waals surface area contributed by atoms with Crippen LogP contribution in [0.5, 0.6) is 0 Å². The highest BCUT2D eigenvalue weighted by Gasteiger charge is 1.98. The van der Waals surface area contributed by atoms with Crippen molar-refractivity contribution in [2.75, 3.05) is 18.5 Å². The lowest BCUT2D eigenvalue weighted by atomic mass is 10.7. The van der Waals surface area contributed by atoms with Crippen LogP contribution in [0.25, 0.3) is 0 Å². The van der Waals surface area contributed by atoms with E-state index in [-0.39, 0.29) is 6.61 Å². The number of carbonyl (C=O) groups excluding carboxylic acids is 1. The molecule has 7 heteroatoms. The van der Waals surface area contributed by atoms with Gasteiger partial charge in [-0.05, 0) is 15.9 Å². The summed E-state index contributed by atoms with van der Waals surface area (Å²) in [6.07, 6.45) is -0.762. The molecule has 0 fully saturated rings. The molecule has 13 heavy (non-hydrogen) atoms. The topological polar surface area (TPSA) is 77.2 Å². The molecule has 1 aromatic rings. The summed E-state index contributed by atoms with van der Waals surface area (Å²) >= 11 is 4.69. The van der Waals surface area contributed by atoms with E-state index in [4.69, 9.17) is 5.73 Å². The number of carbonyl (C=O) groups is 1. The highest BCUT2D eigenvalue weighted by molar-refractivity contribution is 9.10. The first kappa shape index (κ1) is 10.3. The van der Waals surface area contributed by atoms with E-state index in [1.807, 2.05) is 5.38 Å². The summed E-state index contributed by atoms with van der Waals surface area (Å²) in [5.41, 5.74) is 4.77. The molecule has 0 saturated heterocycles. The van der Waals surface area contributed by atoms with Crippen molar-refractivity contribution in [1.82, 2.24) is 4.98 Å². The lowest BCUT2D eigenvalue weighted by molar-refractivity contribution is 0.161. The van der Waals surface area contributed by atoms with Gasteiger partial charge in [-0.3, -0.25) is 0 Å². The fourth-order valence-electron chi connectivity index (χ4n) is 0.645. The van der Waals surface area contributed by atoms with Gasteiger partial charge < -0.3 is 15.8 Å². The summed E-state index contributed by atoms with van der Waals surface area (Å²) < 4.78 is 5.30. The lowest BCUT2D eigenvalue weighted by Gasteiger charge is -2.01. The van der Waals surface area contributed by atoms with Crippen molar-refractivity contribution >= 4 is 38.5 Å². The van der Waals surface area contributed by atoms with Gasteiger partial charge in [-0.1, -0.05) is 0 Å². The summed E-state index contributed by atoms with van der Waals surface area (Å²) in [5.74, 6) is 0. The van der Waals surface area contributed by atoms with E-state index in [0.29, 0.717) is 6.54 Å². The van der Waals surface area contributed by atoms with Crippen LogP contribution in [0.4, 0.5) is 9.93 Å². The van der Waals surface area contributed by atoms with Gasteiger partial charge >= 0.3 is 6.09 Å². The monoisotopic (exact) mass is 265 g/mol. The summed E-state index contributed by atoms with van der Waals surface area (Å²) in [6, 6.07) is 0. The van der Waals surface area contributed by atoms with Gasteiger partial charge in [-0.15, -0.1) is 11.3 Å². The Morgan fingerprint density at radius 3 is 3.15 bits per heavy atom. The molecule has 0 aliphatic carbocycles. The maximum absolute atomic E-state index is 10.2. The number of ether oxygens (including phenoxy) is 1. The first-order chi connectivity index (χ1) is 6.18. The van der Waals surface area contributed by atoms with Gasteiger partial charge in [0.2, 0.25) is 0 Å². The van der Waals surface area contributed by atoms with Crippen molar-refractivity contribution in [2.24, 2.45) is 5.73 Å². The first-order valence-corrected chi connectivity index (χ1v) is 5.13. The van der Waals surface area contributed by atoms with Crippen LogP contribution in [0.1, 0.15) is 0 Å². The number of rotatable bonds is 4. The van der Waals surface area contributed by atoms with Crippen LogP contribution >= 0.6 is 27.3 Å². The molecule has 0 radical (unpaired) electrons. The maximum atomic E-state index is 10.2. The number of halogens is 1. The highest BCUT2D eigenvalue weighted by Crippen LogP contribution is 2.18. The van der Waals surface area contributed by atoms with Gasteiger partial charge in [0.25, 0.3) is 0 Å². The van der Waals surface area contributed by atoms with Crippen LogP contribution in [0, 0.1) is 0 Å². The third-order valence-electron chi connectivity index (χ3n) is 1.10. The van der Waals surface area contributed by atoms with Crippen molar-refractivity contribution in [3.05, 3.63) is 9.98 Å². The van der Waals surface area contributed by atoms with Gasteiger partial charge in [-0.2, -0.15) is 0 Å². The number of nitrogens with one attached hydrogen (secondary N) is 1. The predicted molar refractivity (Wildman–Crippen MR) is 53.8 cm³/mol. The highest BCUT2D eigenvalue weighted by atomic mass is 79.9. The normalized spacial score (nSPS) is 9.62. The van der Waals surface area contributed by atoms with Crippen LogP contribution < -0.4 is 11.1 Å². The largest absolute Gasteiger partial charge is 0.448 e. The fraction of sp³-hybridized carbons (Fsp3) is 0.333. The molecule has 3 N–H and O–H groups in total. The molecule has 0 bridgehead atoms. The standard InChI is InChI=1S/C6H8BrN3O2S/c7-4-3-13-6(10-4)9-1-2-12-5(8)11/h3H,1-2H2,(H2,8,11)(H,9,10). The minimum absolute atomic E-state index is 0.243. The summed E-state index contributed by atoms with van der Waals surface area (Å²) in [7, 11) is 0. The summed E-state index contributed by atoms with van der Waals surface area (Å²) in [5, 5.41) is 5.60. The first-order valence-electron chi connectivity index (χ1n) is 3.45. The molecular weight excluding hydrogens is 258 g/mol. The van der Waals surface area contributed by atoms with Crippen molar-refractivity contribution in [2.45, 2.75) is 0 Å². The molecule has 0 aromatic carbocycles. The van der Waals surface area contributed by atoms with Gasteiger partial charge in [-0.25, -0.2) is 9.78 Å². The SMILES string of the molecule is NC(=O)OCCNc1nc(Br)cs1. The quantitative estimate of drug-likeness (QED) is 0.808. The Kier molecular flexibility index (Phi) is 3.97. The van der Waals surface area contributed by atoms with E-state index in [1.54, 1.807) is 0 Å². The molecule has 0 saturated carbocycles. The molecule has 1 rings (SSSR count). The Bertz CT molecular complexity index is 291. The number of thiazole rings is 1. The second-order valence-corrected chi connectivity index (χ2v) is 3.74. The zero-order valence-electron chi connectivity index (χ0n) is 6.62. The Balaban J connectivity index is 2.16. The van der Waals surface area contributed by atoms with Crippen molar-refractivity contribution in [3.8, 4) is 0 Å². The fourth-order valence-corrected chi connectivity index (χ4v) is 1.82. The van der Waals surface area contributed by atoms with Crippen LogP contribution in [-0.4, -0.2) is 24.2 Å². The average molecular weight is 266 g/mol. The molecule has 1 aromatic heterocycles. The molecule has 1 heterocycles. The number of anilines is 1. The number of nitrogens with two attached hydrogens (primary N) is 1. The van der Waals surface area contributed by atoms with Crippen LogP contribution in [0.15, 0.2) is 9.98 Å². The van der Waals surface area contributed by atoms with Crippen LogP contribution in [0.3, 0.4) is 0 Å². The number of hydrogen-bond acceptors (Lipinski definition) is 5. The molecule has 1 amide bonds. The van der Waals surface area contributed by atoms with E-state index in [0.717, 1.165) is 9.73 Å². The Hall–Kier alpha value is -0.820. The van der Waals surface area contributed by atoms with Gasteiger partial charge in [0.05, 0.1) is 6.54 Å². The zero-order valence-corrected chi connectivity index (χ0v) is 9.02. The van der Waals surface area contributed by atoms with E-state index >= 15 is 0 Å². The van der Waals surface area contributed by atoms with E-state index in [9.17, 15) is 4.79 Å². The van der Waals surface area contributed by atoms with Gasteiger partial charge in [0, 0.05) is 5.38 Å². The molecule has 0 aliphatic rings.